The van der Waals surface area contributed by atoms with Gasteiger partial charge in [-0.05, 0) is 45.0 Å². The largest absolute Gasteiger partial charge is 0.465 e. The molecule has 0 atom stereocenters. The lowest BCUT2D eigenvalue weighted by atomic mass is 10.1. The highest BCUT2D eigenvalue weighted by Gasteiger charge is 2.21. The number of ether oxygens (including phenoxy) is 1. The van der Waals surface area contributed by atoms with Gasteiger partial charge in [0.25, 0.3) is 6.01 Å². The summed E-state index contributed by atoms with van der Waals surface area (Å²) < 4.78 is 7.98. The van der Waals surface area contributed by atoms with Crippen LogP contribution in [0.15, 0.2) is 24.3 Å². The molecule has 2 heterocycles. The number of imidazole rings is 1. The maximum Gasteiger partial charge on any atom is 0.297 e. The molecule has 1 aliphatic heterocycles. The van der Waals surface area contributed by atoms with E-state index in [2.05, 4.69) is 33.1 Å². The maximum atomic E-state index is 5.71. The van der Waals surface area contributed by atoms with Gasteiger partial charge in [0, 0.05) is 6.04 Å². The van der Waals surface area contributed by atoms with Crippen molar-refractivity contribution in [2.75, 3.05) is 19.7 Å². The topological polar surface area (TPSA) is 39.1 Å². The Morgan fingerprint density at radius 1 is 1.33 bits per heavy atom. The molecule has 1 N–H and O–H groups in total. The van der Waals surface area contributed by atoms with Crippen LogP contribution in [-0.2, 0) is 0 Å². The van der Waals surface area contributed by atoms with Gasteiger partial charge in [0.2, 0.25) is 0 Å². The number of hydrogen-bond acceptors (Lipinski definition) is 3. The number of benzene rings is 1. The third kappa shape index (κ3) is 1.97. The van der Waals surface area contributed by atoms with Crippen LogP contribution < -0.4 is 10.1 Å². The lowest BCUT2D eigenvalue weighted by molar-refractivity contribution is 0.270. The highest BCUT2D eigenvalue weighted by atomic mass is 16.5. The molecule has 1 aromatic heterocycles. The highest BCUT2D eigenvalue weighted by molar-refractivity contribution is 5.76. The molecule has 1 aliphatic rings. The summed E-state index contributed by atoms with van der Waals surface area (Å²) in [7, 11) is 0. The Bertz CT molecular complexity index is 529. The van der Waals surface area contributed by atoms with Crippen LogP contribution in [0.1, 0.15) is 25.8 Å². The molecule has 2 aromatic rings. The van der Waals surface area contributed by atoms with Crippen LogP contribution >= 0.6 is 0 Å². The summed E-state index contributed by atoms with van der Waals surface area (Å²) >= 11 is 0. The number of aromatic nitrogens is 2. The van der Waals surface area contributed by atoms with Crippen LogP contribution in [0.5, 0.6) is 6.01 Å². The highest BCUT2D eigenvalue weighted by Crippen LogP contribution is 2.30. The standard InChI is InChI=1S/C14H19N3O/c1-2-18-14-16-12-5-3-4-6-13(12)17(14)11-7-9-15-10-8-11/h3-6,11,15H,2,7-10H2,1H3. The van der Waals surface area contributed by atoms with Gasteiger partial charge in [0.15, 0.2) is 0 Å². The molecule has 1 saturated heterocycles. The zero-order chi connectivity index (χ0) is 12.4. The van der Waals surface area contributed by atoms with E-state index in [-0.39, 0.29) is 0 Å². The number of nitrogens with one attached hydrogen (secondary N) is 1. The third-order valence-corrected chi connectivity index (χ3v) is 3.51. The summed E-state index contributed by atoms with van der Waals surface area (Å²) in [6.45, 7) is 4.81. The minimum atomic E-state index is 0.500. The van der Waals surface area contributed by atoms with Crippen molar-refractivity contribution < 1.29 is 4.74 Å². The van der Waals surface area contributed by atoms with Crippen LogP contribution in [0.25, 0.3) is 11.0 Å². The molecular weight excluding hydrogens is 226 g/mol. The minimum absolute atomic E-state index is 0.500. The third-order valence-electron chi connectivity index (χ3n) is 3.51. The lowest BCUT2D eigenvalue weighted by Gasteiger charge is -2.25. The van der Waals surface area contributed by atoms with Crippen LogP contribution in [-0.4, -0.2) is 29.2 Å². The van der Waals surface area contributed by atoms with Crippen LogP contribution in [0.4, 0.5) is 0 Å². The van der Waals surface area contributed by atoms with Gasteiger partial charge in [-0.3, -0.25) is 4.57 Å². The molecule has 1 aromatic carbocycles. The normalized spacial score (nSPS) is 17.2. The predicted molar refractivity (Wildman–Crippen MR) is 72.0 cm³/mol. The van der Waals surface area contributed by atoms with E-state index in [4.69, 9.17) is 4.74 Å². The molecule has 4 heteroatoms. The maximum absolute atomic E-state index is 5.71. The summed E-state index contributed by atoms with van der Waals surface area (Å²) in [4.78, 5) is 4.60. The zero-order valence-electron chi connectivity index (χ0n) is 10.7. The van der Waals surface area contributed by atoms with E-state index >= 15 is 0 Å². The Kier molecular flexibility index (Phi) is 3.19. The van der Waals surface area contributed by atoms with Gasteiger partial charge in [-0.15, -0.1) is 0 Å². The Labute approximate surface area is 107 Å². The molecule has 4 nitrogen and oxygen atoms in total. The lowest BCUT2D eigenvalue weighted by Crippen LogP contribution is -2.29. The molecule has 3 rings (SSSR count). The molecule has 18 heavy (non-hydrogen) atoms. The summed E-state index contributed by atoms with van der Waals surface area (Å²) in [5, 5.41) is 3.40. The van der Waals surface area contributed by atoms with E-state index in [1.54, 1.807) is 0 Å². The number of nitrogens with zero attached hydrogens (tertiary/aromatic N) is 2. The second-order valence-electron chi connectivity index (χ2n) is 4.67. The Morgan fingerprint density at radius 3 is 2.89 bits per heavy atom. The van der Waals surface area contributed by atoms with Crippen LogP contribution in [0.2, 0.25) is 0 Å². The molecule has 0 radical (unpaired) electrons. The molecule has 0 amide bonds. The van der Waals surface area contributed by atoms with E-state index in [1.165, 1.54) is 5.52 Å². The number of rotatable bonds is 3. The number of fused-ring (bicyclic) bond motifs is 1. The van der Waals surface area contributed by atoms with Gasteiger partial charge in [0.05, 0.1) is 17.6 Å². The van der Waals surface area contributed by atoms with Crippen molar-refractivity contribution in [2.45, 2.75) is 25.8 Å². The van der Waals surface area contributed by atoms with Crippen molar-refractivity contribution in [1.82, 2.24) is 14.9 Å². The predicted octanol–water partition coefficient (Wildman–Crippen LogP) is 2.36. The van der Waals surface area contributed by atoms with E-state index in [1.807, 2.05) is 13.0 Å². The van der Waals surface area contributed by atoms with Gasteiger partial charge < -0.3 is 10.1 Å². The molecule has 0 unspecified atom stereocenters. The zero-order valence-corrected chi connectivity index (χ0v) is 10.7. The number of para-hydroxylation sites is 2. The van der Waals surface area contributed by atoms with E-state index in [0.29, 0.717) is 12.6 Å². The molecule has 96 valence electrons. The van der Waals surface area contributed by atoms with Crippen molar-refractivity contribution in [3.63, 3.8) is 0 Å². The van der Waals surface area contributed by atoms with Gasteiger partial charge in [-0.2, -0.15) is 4.98 Å². The first-order valence-corrected chi connectivity index (χ1v) is 6.70. The number of piperidine rings is 1. The fourth-order valence-electron chi connectivity index (χ4n) is 2.67. The quantitative estimate of drug-likeness (QED) is 0.902. The Balaban J connectivity index is 2.07. The summed E-state index contributed by atoms with van der Waals surface area (Å²) in [6, 6.07) is 9.54. The van der Waals surface area contributed by atoms with Crippen LogP contribution in [0, 0.1) is 0 Å². The smallest absolute Gasteiger partial charge is 0.297 e. The van der Waals surface area contributed by atoms with E-state index in [0.717, 1.165) is 37.5 Å². The van der Waals surface area contributed by atoms with Gasteiger partial charge in [-0.1, -0.05) is 12.1 Å². The van der Waals surface area contributed by atoms with Crippen molar-refractivity contribution >= 4 is 11.0 Å². The second-order valence-corrected chi connectivity index (χ2v) is 4.67. The van der Waals surface area contributed by atoms with E-state index < -0.39 is 0 Å². The minimum Gasteiger partial charge on any atom is -0.465 e. The second kappa shape index (κ2) is 4.98. The molecule has 0 spiro atoms. The molecular formula is C14H19N3O. The SMILES string of the molecule is CCOc1nc2ccccc2n1C1CCNCC1. The summed E-state index contributed by atoms with van der Waals surface area (Å²) in [5.41, 5.74) is 2.22. The van der Waals surface area contributed by atoms with Crippen molar-refractivity contribution in [3.05, 3.63) is 24.3 Å². The van der Waals surface area contributed by atoms with Gasteiger partial charge in [0.1, 0.15) is 0 Å². The first-order chi connectivity index (χ1) is 8.90. The molecule has 0 bridgehead atoms. The van der Waals surface area contributed by atoms with Gasteiger partial charge >= 0.3 is 0 Å². The van der Waals surface area contributed by atoms with Gasteiger partial charge in [-0.25, -0.2) is 0 Å². The van der Waals surface area contributed by atoms with Crippen molar-refractivity contribution in [1.29, 1.82) is 0 Å². The molecule has 0 aliphatic carbocycles. The van der Waals surface area contributed by atoms with Crippen molar-refractivity contribution in [3.8, 4) is 6.01 Å². The first kappa shape index (κ1) is 11.5. The summed E-state index contributed by atoms with van der Waals surface area (Å²) in [6.07, 6.45) is 2.28. The monoisotopic (exact) mass is 245 g/mol. The summed E-state index contributed by atoms with van der Waals surface area (Å²) in [5.74, 6) is 0. The fourth-order valence-corrected chi connectivity index (χ4v) is 2.67. The molecule has 1 fully saturated rings. The Hall–Kier alpha value is -1.55. The Morgan fingerprint density at radius 2 is 2.11 bits per heavy atom. The average molecular weight is 245 g/mol. The van der Waals surface area contributed by atoms with Crippen molar-refractivity contribution in [2.24, 2.45) is 0 Å². The first-order valence-electron chi connectivity index (χ1n) is 6.70. The fraction of sp³-hybridized carbons (Fsp3) is 0.500. The molecule has 0 saturated carbocycles. The average Bonchev–Trinajstić information content (AvgIpc) is 2.78. The van der Waals surface area contributed by atoms with Crippen LogP contribution in [0.3, 0.4) is 0 Å². The van der Waals surface area contributed by atoms with E-state index in [9.17, 15) is 0 Å². The number of hydrogen-bond donors (Lipinski definition) is 1.